The van der Waals surface area contributed by atoms with Crippen LogP contribution in [0.2, 0.25) is 0 Å². The van der Waals surface area contributed by atoms with Gasteiger partial charge in [0.15, 0.2) is 0 Å². The molecule has 4 heteroatoms. The highest BCUT2D eigenvalue weighted by Gasteiger charge is 2.10. The fourth-order valence-electron chi connectivity index (χ4n) is 1.44. The maximum Gasteiger partial charge on any atom is 0.339 e. The van der Waals surface area contributed by atoms with Crippen LogP contribution in [0.5, 0.6) is 5.75 Å². The Bertz CT molecular complexity index is 374. The molecule has 0 aliphatic rings. The van der Waals surface area contributed by atoms with E-state index in [1.54, 1.807) is 18.2 Å². The summed E-state index contributed by atoms with van der Waals surface area (Å²) in [5.74, 6) is -0.616. The summed E-state index contributed by atoms with van der Waals surface area (Å²) in [6.07, 6.45) is 2.13. The fraction of sp³-hybridized carbons (Fsp3) is 0.462. The number of unbranched alkanes of at least 4 members (excludes halogenated alkanes) is 1. The molecular formula is C13H18O4. The lowest BCUT2D eigenvalue weighted by molar-refractivity contribution is 0.0693. The molecule has 0 unspecified atom stereocenters. The Kier molecular flexibility index (Phi) is 5.49. The Morgan fingerprint density at radius 1 is 1.41 bits per heavy atom. The third kappa shape index (κ3) is 4.07. The average molecular weight is 238 g/mol. The van der Waals surface area contributed by atoms with Crippen molar-refractivity contribution in [2.75, 3.05) is 13.7 Å². The van der Waals surface area contributed by atoms with Gasteiger partial charge in [0.1, 0.15) is 11.3 Å². The minimum atomic E-state index is -0.986. The van der Waals surface area contributed by atoms with E-state index >= 15 is 0 Å². The predicted molar refractivity (Wildman–Crippen MR) is 64.5 cm³/mol. The van der Waals surface area contributed by atoms with Gasteiger partial charge in [0.25, 0.3) is 0 Å². The second-order valence-electron chi connectivity index (χ2n) is 3.75. The number of ether oxygens (including phenoxy) is 2. The lowest BCUT2D eigenvalue weighted by atomic mass is 10.1. The maximum absolute atomic E-state index is 10.9. The van der Waals surface area contributed by atoms with Gasteiger partial charge in [0, 0.05) is 6.61 Å². The van der Waals surface area contributed by atoms with Crippen LogP contribution < -0.4 is 4.74 Å². The number of benzene rings is 1. The second-order valence-corrected chi connectivity index (χ2v) is 3.75. The number of hydrogen-bond donors (Lipinski definition) is 1. The van der Waals surface area contributed by atoms with Gasteiger partial charge in [-0.1, -0.05) is 19.4 Å². The molecule has 0 amide bonds. The SMILES string of the molecule is CCCCOCc1ccc(C(=O)O)c(OC)c1. The van der Waals surface area contributed by atoms with Gasteiger partial charge in [-0.25, -0.2) is 4.79 Å². The molecule has 0 saturated heterocycles. The van der Waals surface area contributed by atoms with Crippen LogP contribution in [0.3, 0.4) is 0 Å². The first-order valence-electron chi connectivity index (χ1n) is 5.67. The Hall–Kier alpha value is -1.55. The zero-order valence-electron chi connectivity index (χ0n) is 10.2. The summed E-state index contributed by atoms with van der Waals surface area (Å²) in [6.45, 7) is 3.31. The number of rotatable bonds is 7. The lowest BCUT2D eigenvalue weighted by Crippen LogP contribution is -2.02. The highest BCUT2D eigenvalue weighted by Crippen LogP contribution is 2.20. The Balaban J connectivity index is 2.66. The Labute approximate surface area is 101 Å². The molecule has 17 heavy (non-hydrogen) atoms. The molecular weight excluding hydrogens is 220 g/mol. The number of aromatic carboxylic acids is 1. The van der Waals surface area contributed by atoms with Gasteiger partial charge in [-0.15, -0.1) is 0 Å². The summed E-state index contributed by atoms with van der Waals surface area (Å²) in [6, 6.07) is 4.99. The highest BCUT2D eigenvalue weighted by atomic mass is 16.5. The molecule has 0 bridgehead atoms. The van der Waals surface area contributed by atoms with E-state index < -0.39 is 5.97 Å². The summed E-state index contributed by atoms with van der Waals surface area (Å²) in [5.41, 5.74) is 1.09. The Morgan fingerprint density at radius 3 is 2.76 bits per heavy atom. The molecule has 4 nitrogen and oxygen atoms in total. The van der Waals surface area contributed by atoms with Crippen LogP contribution >= 0.6 is 0 Å². The van der Waals surface area contributed by atoms with Gasteiger partial charge in [-0.05, 0) is 24.1 Å². The largest absolute Gasteiger partial charge is 0.496 e. The van der Waals surface area contributed by atoms with E-state index in [0.29, 0.717) is 12.4 Å². The van der Waals surface area contributed by atoms with Crippen molar-refractivity contribution in [1.29, 1.82) is 0 Å². The van der Waals surface area contributed by atoms with Crippen molar-refractivity contribution < 1.29 is 19.4 Å². The molecule has 0 radical (unpaired) electrons. The normalized spacial score (nSPS) is 10.2. The van der Waals surface area contributed by atoms with Crippen LogP contribution in [0.4, 0.5) is 0 Å². The summed E-state index contributed by atoms with van der Waals surface area (Å²) in [5, 5.41) is 8.92. The first kappa shape index (κ1) is 13.5. The quantitative estimate of drug-likeness (QED) is 0.742. The van der Waals surface area contributed by atoms with Crippen molar-refractivity contribution in [3.63, 3.8) is 0 Å². The third-order valence-electron chi connectivity index (χ3n) is 2.41. The van der Waals surface area contributed by atoms with Crippen molar-refractivity contribution in [1.82, 2.24) is 0 Å². The molecule has 1 aromatic rings. The molecule has 0 aliphatic carbocycles. The van der Waals surface area contributed by atoms with E-state index in [1.165, 1.54) is 7.11 Å². The zero-order chi connectivity index (χ0) is 12.7. The minimum absolute atomic E-state index is 0.171. The van der Waals surface area contributed by atoms with Gasteiger partial charge >= 0.3 is 5.97 Å². The molecule has 1 N–H and O–H groups in total. The monoisotopic (exact) mass is 238 g/mol. The summed E-state index contributed by atoms with van der Waals surface area (Å²) >= 11 is 0. The molecule has 0 fully saturated rings. The van der Waals surface area contributed by atoms with Crippen LogP contribution in [0.25, 0.3) is 0 Å². The van der Waals surface area contributed by atoms with Crippen LogP contribution in [0.1, 0.15) is 35.7 Å². The summed E-state index contributed by atoms with van der Waals surface area (Å²) in [4.78, 5) is 10.9. The molecule has 0 heterocycles. The van der Waals surface area contributed by atoms with E-state index in [4.69, 9.17) is 14.6 Å². The van der Waals surface area contributed by atoms with Gasteiger partial charge in [0.05, 0.1) is 13.7 Å². The number of carbonyl (C=O) groups is 1. The van der Waals surface area contributed by atoms with Crippen molar-refractivity contribution in [2.45, 2.75) is 26.4 Å². The molecule has 94 valence electrons. The van der Waals surface area contributed by atoms with Crippen LogP contribution in [0, 0.1) is 0 Å². The van der Waals surface area contributed by atoms with Crippen molar-refractivity contribution in [2.24, 2.45) is 0 Å². The summed E-state index contributed by atoms with van der Waals surface area (Å²) in [7, 11) is 1.46. The van der Waals surface area contributed by atoms with E-state index in [2.05, 4.69) is 6.92 Å². The zero-order valence-corrected chi connectivity index (χ0v) is 10.2. The Morgan fingerprint density at radius 2 is 2.18 bits per heavy atom. The van der Waals surface area contributed by atoms with E-state index in [1.807, 2.05) is 0 Å². The van der Waals surface area contributed by atoms with E-state index in [9.17, 15) is 4.79 Å². The maximum atomic E-state index is 10.9. The van der Waals surface area contributed by atoms with Gasteiger partial charge in [-0.3, -0.25) is 0 Å². The van der Waals surface area contributed by atoms with E-state index in [-0.39, 0.29) is 5.56 Å². The first-order chi connectivity index (χ1) is 8.19. The van der Waals surface area contributed by atoms with Crippen LogP contribution in [-0.2, 0) is 11.3 Å². The van der Waals surface area contributed by atoms with Crippen LogP contribution in [-0.4, -0.2) is 24.8 Å². The lowest BCUT2D eigenvalue weighted by Gasteiger charge is -2.08. The smallest absolute Gasteiger partial charge is 0.339 e. The molecule has 1 aromatic carbocycles. The number of methoxy groups -OCH3 is 1. The average Bonchev–Trinajstić information content (AvgIpc) is 2.34. The second kappa shape index (κ2) is 6.91. The van der Waals surface area contributed by atoms with Gasteiger partial charge in [0.2, 0.25) is 0 Å². The highest BCUT2D eigenvalue weighted by molar-refractivity contribution is 5.90. The van der Waals surface area contributed by atoms with Crippen molar-refractivity contribution in [3.8, 4) is 5.75 Å². The minimum Gasteiger partial charge on any atom is -0.496 e. The molecule has 0 spiro atoms. The summed E-state index contributed by atoms with van der Waals surface area (Å²) < 4.78 is 10.5. The van der Waals surface area contributed by atoms with Crippen molar-refractivity contribution in [3.05, 3.63) is 29.3 Å². The molecule has 0 aromatic heterocycles. The molecule has 0 aliphatic heterocycles. The number of hydrogen-bond acceptors (Lipinski definition) is 3. The van der Waals surface area contributed by atoms with Crippen LogP contribution in [0.15, 0.2) is 18.2 Å². The third-order valence-corrected chi connectivity index (χ3v) is 2.41. The molecule has 0 saturated carbocycles. The van der Waals surface area contributed by atoms with Gasteiger partial charge in [-0.2, -0.15) is 0 Å². The number of carboxylic acids is 1. The van der Waals surface area contributed by atoms with E-state index in [0.717, 1.165) is 25.0 Å². The standard InChI is InChI=1S/C13H18O4/c1-3-4-7-17-9-10-5-6-11(13(14)15)12(8-10)16-2/h5-6,8H,3-4,7,9H2,1-2H3,(H,14,15). The molecule has 0 atom stereocenters. The number of carboxylic acid groups (broad SMARTS) is 1. The van der Waals surface area contributed by atoms with Crippen molar-refractivity contribution >= 4 is 5.97 Å². The molecule has 1 rings (SSSR count). The fourth-order valence-corrected chi connectivity index (χ4v) is 1.44. The predicted octanol–water partition coefficient (Wildman–Crippen LogP) is 2.71. The topological polar surface area (TPSA) is 55.8 Å². The first-order valence-corrected chi connectivity index (χ1v) is 5.67. The van der Waals surface area contributed by atoms with Gasteiger partial charge < -0.3 is 14.6 Å².